The van der Waals surface area contributed by atoms with Gasteiger partial charge in [-0.05, 0) is 0 Å². The van der Waals surface area contributed by atoms with Crippen molar-refractivity contribution in [3.63, 3.8) is 0 Å². The molecule has 0 saturated heterocycles. The number of likely N-dealkylation sites (N-methyl/N-ethyl adjacent to an activating group) is 2. The van der Waals surface area contributed by atoms with E-state index in [0.29, 0.717) is 0 Å². The molecule has 0 aromatic carbocycles. The van der Waals surface area contributed by atoms with Crippen molar-refractivity contribution >= 4 is 34.9 Å². The molecule has 0 bridgehead atoms. The van der Waals surface area contributed by atoms with Gasteiger partial charge in [-0.2, -0.15) is 0 Å². The third kappa shape index (κ3) is 2.17. The number of nitrogens with zero attached hydrogens (tertiary/aromatic N) is 2. The summed E-state index contributed by atoms with van der Waals surface area (Å²) in [7, 11) is 4.18. The number of thiol groups is 1. The Hall–Kier alpha value is -0.0900. The van der Waals surface area contributed by atoms with Gasteiger partial charge in [-0.15, -0.1) is 12.6 Å². The van der Waals surface area contributed by atoms with Crippen molar-refractivity contribution in [2.24, 2.45) is 0 Å². The normalized spacial score (nSPS) is 17.9. The summed E-state index contributed by atoms with van der Waals surface area (Å²) in [5.74, 6) is 1.28. The first-order valence-electron chi connectivity index (χ1n) is 3.61. The average Bonchev–Trinajstić information content (AvgIpc) is 2.18. The van der Waals surface area contributed by atoms with Gasteiger partial charge in [0.15, 0.2) is 0 Å². The molecule has 0 amide bonds. The maximum atomic E-state index is 4.93. The van der Waals surface area contributed by atoms with Gasteiger partial charge in [0.2, 0.25) is 0 Å². The third-order valence-electron chi connectivity index (χ3n) is 1.96. The van der Waals surface area contributed by atoms with E-state index in [1.165, 1.54) is 5.84 Å². The SMILES string of the molecule is CN1CC[N+](C)=C1CC(=S)S. The number of thiocarbonyl (C=S) groups is 1. The third-order valence-corrected chi connectivity index (χ3v) is 2.26. The minimum atomic E-state index is 0.764. The lowest BCUT2D eigenvalue weighted by atomic mass is 10.4. The predicted octanol–water partition coefficient (Wildman–Crippen LogP) is 0.620. The Kier molecular flexibility index (Phi) is 2.90. The molecule has 0 fully saturated rings. The Morgan fingerprint density at radius 1 is 1.82 bits per heavy atom. The summed E-state index contributed by atoms with van der Waals surface area (Å²) in [4.78, 5) is 2.22. The van der Waals surface area contributed by atoms with E-state index in [9.17, 15) is 0 Å². The molecular weight excluding hydrogens is 176 g/mol. The van der Waals surface area contributed by atoms with Crippen LogP contribution in [0.2, 0.25) is 0 Å². The fourth-order valence-corrected chi connectivity index (χ4v) is 1.53. The molecule has 4 heteroatoms. The van der Waals surface area contributed by atoms with Crippen molar-refractivity contribution < 1.29 is 4.58 Å². The van der Waals surface area contributed by atoms with Crippen LogP contribution in [0.1, 0.15) is 6.42 Å². The first-order chi connectivity index (χ1) is 5.11. The van der Waals surface area contributed by atoms with Gasteiger partial charge in [0.05, 0.1) is 24.7 Å². The van der Waals surface area contributed by atoms with E-state index in [1.54, 1.807) is 0 Å². The number of hydrogen-bond donors (Lipinski definition) is 1. The molecule has 1 rings (SSSR count). The molecule has 0 spiro atoms. The van der Waals surface area contributed by atoms with E-state index in [4.69, 9.17) is 12.2 Å². The number of amidine groups is 1. The van der Waals surface area contributed by atoms with Gasteiger partial charge in [0.25, 0.3) is 5.84 Å². The fourth-order valence-electron chi connectivity index (χ4n) is 1.25. The highest BCUT2D eigenvalue weighted by Crippen LogP contribution is 2.03. The predicted molar refractivity (Wildman–Crippen MR) is 54.9 cm³/mol. The zero-order valence-electron chi connectivity index (χ0n) is 6.87. The van der Waals surface area contributed by atoms with Gasteiger partial charge in [0, 0.05) is 0 Å². The molecule has 0 unspecified atom stereocenters. The summed E-state index contributed by atoms with van der Waals surface area (Å²) in [6.45, 7) is 2.20. The fraction of sp³-hybridized carbons (Fsp3) is 0.714. The molecule has 1 heterocycles. The monoisotopic (exact) mass is 189 g/mol. The molecule has 1 aliphatic heterocycles. The lowest BCUT2D eigenvalue weighted by molar-refractivity contribution is -0.487. The van der Waals surface area contributed by atoms with E-state index in [1.807, 2.05) is 0 Å². The summed E-state index contributed by atoms with van der Waals surface area (Å²) in [5, 5.41) is 0. The summed E-state index contributed by atoms with van der Waals surface area (Å²) >= 11 is 9.04. The second-order valence-corrected chi connectivity index (χ2v) is 4.17. The van der Waals surface area contributed by atoms with Gasteiger partial charge in [-0.1, -0.05) is 12.2 Å². The summed E-state index contributed by atoms with van der Waals surface area (Å²) in [6, 6.07) is 0. The van der Waals surface area contributed by atoms with Crippen LogP contribution in [0.5, 0.6) is 0 Å². The molecule has 0 saturated carbocycles. The Labute approximate surface area is 78.3 Å². The van der Waals surface area contributed by atoms with Crippen molar-refractivity contribution in [1.29, 1.82) is 0 Å². The molecule has 0 atom stereocenters. The van der Waals surface area contributed by atoms with Crippen LogP contribution in [-0.2, 0) is 0 Å². The zero-order chi connectivity index (χ0) is 8.43. The first-order valence-corrected chi connectivity index (χ1v) is 4.46. The smallest absolute Gasteiger partial charge is 0.252 e. The summed E-state index contributed by atoms with van der Waals surface area (Å²) in [6.07, 6.45) is 0.811. The Balaban J connectivity index is 2.67. The topological polar surface area (TPSA) is 6.25 Å². The highest BCUT2D eigenvalue weighted by Gasteiger charge is 2.24. The molecule has 0 radical (unpaired) electrons. The molecule has 0 aromatic rings. The van der Waals surface area contributed by atoms with E-state index < -0.39 is 0 Å². The van der Waals surface area contributed by atoms with Crippen LogP contribution in [0, 0.1) is 0 Å². The molecule has 0 aromatic heterocycles. The van der Waals surface area contributed by atoms with Crippen LogP contribution in [0.15, 0.2) is 0 Å². The molecular formula is C7H13N2S2+. The molecule has 11 heavy (non-hydrogen) atoms. The van der Waals surface area contributed by atoms with Gasteiger partial charge in [-0.3, -0.25) is 9.48 Å². The minimum absolute atomic E-state index is 0.764. The Morgan fingerprint density at radius 2 is 2.45 bits per heavy atom. The highest BCUT2D eigenvalue weighted by atomic mass is 32.1. The lowest BCUT2D eigenvalue weighted by Crippen LogP contribution is -2.25. The first kappa shape index (κ1) is 9.00. The maximum absolute atomic E-state index is 4.93. The van der Waals surface area contributed by atoms with Crippen LogP contribution in [0.4, 0.5) is 0 Å². The van der Waals surface area contributed by atoms with E-state index in [2.05, 4.69) is 36.2 Å². The standard InChI is InChI=1S/C7H12N2S2/c1-8-3-4-9(2)6(8)5-7(10)11/h3-5H2,1-2H3/p+1. The minimum Gasteiger partial charge on any atom is -0.264 e. The van der Waals surface area contributed by atoms with Gasteiger partial charge < -0.3 is 0 Å². The van der Waals surface area contributed by atoms with Crippen molar-refractivity contribution in [3.8, 4) is 0 Å². The second kappa shape index (κ2) is 3.54. The largest absolute Gasteiger partial charge is 0.264 e. The number of hydrogen-bond acceptors (Lipinski definition) is 2. The van der Waals surface area contributed by atoms with E-state index in [-0.39, 0.29) is 0 Å². The van der Waals surface area contributed by atoms with Crippen LogP contribution in [-0.4, -0.2) is 46.7 Å². The van der Waals surface area contributed by atoms with Crippen LogP contribution >= 0.6 is 24.8 Å². The van der Waals surface area contributed by atoms with Crippen molar-refractivity contribution in [2.75, 3.05) is 27.2 Å². The number of rotatable bonds is 2. The van der Waals surface area contributed by atoms with Gasteiger partial charge in [0.1, 0.15) is 13.1 Å². The quantitative estimate of drug-likeness (QED) is 0.386. The van der Waals surface area contributed by atoms with Crippen LogP contribution in [0.3, 0.4) is 0 Å². The zero-order valence-corrected chi connectivity index (χ0v) is 8.58. The molecule has 0 N–H and O–H groups in total. The van der Waals surface area contributed by atoms with Crippen LogP contribution in [0.25, 0.3) is 0 Å². The maximum Gasteiger partial charge on any atom is 0.252 e. The van der Waals surface area contributed by atoms with Gasteiger partial charge in [-0.25, -0.2) is 0 Å². The van der Waals surface area contributed by atoms with Crippen molar-refractivity contribution in [1.82, 2.24) is 4.90 Å². The second-order valence-electron chi connectivity index (χ2n) is 2.83. The molecule has 62 valence electrons. The Morgan fingerprint density at radius 3 is 2.82 bits per heavy atom. The van der Waals surface area contributed by atoms with E-state index >= 15 is 0 Å². The van der Waals surface area contributed by atoms with Crippen molar-refractivity contribution in [3.05, 3.63) is 0 Å². The lowest BCUT2D eigenvalue weighted by Gasteiger charge is -2.04. The van der Waals surface area contributed by atoms with E-state index in [0.717, 1.165) is 23.7 Å². The average molecular weight is 189 g/mol. The summed E-state index contributed by atoms with van der Waals surface area (Å²) in [5.41, 5.74) is 0. The van der Waals surface area contributed by atoms with Crippen molar-refractivity contribution in [2.45, 2.75) is 6.42 Å². The Bertz CT molecular complexity index is 210. The molecule has 1 aliphatic rings. The van der Waals surface area contributed by atoms with Gasteiger partial charge >= 0.3 is 0 Å². The summed E-state index contributed by atoms with van der Waals surface area (Å²) < 4.78 is 2.99. The molecule has 0 aliphatic carbocycles. The molecule has 2 nitrogen and oxygen atoms in total. The highest BCUT2D eigenvalue weighted by molar-refractivity contribution is 8.11. The van der Waals surface area contributed by atoms with Crippen LogP contribution < -0.4 is 0 Å².